The van der Waals surface area contributed by atoms with Gasteiger partial charge in [-0.25, -0.2) is 0 Å². The molecule has 7 nitrogen and oxygen atoms in total. The molecule has 3 aromatic carbocycles. The number of benzene rings is 3. The molecule has 1 N–H and O–H groups in total. The van der Waals surface area contributed by atoms with E-state index in [1.807, 2.05) is 36.4 Å². The van der Waals surface area contributed by atoms with Crippen molar-refractivity contribution in [2.75, 3.05) is 11.1 Å². The molecule has 1 amide bonds. The van der Waals surface area contributed by atoms with Crippen LogP contribution in [0.15, 0.2) is 84.0 Å². The van der Waals surface area contributed by atoms with Crippen molar-refractivity contribution < 1.29 is 22.7 Å². The molecule has 4 rings (SSSR count). The molecule has 0 radical (unpaired) electrons. The Hall–Kier alpha value is -4.30. The Morgan fingerprint density at radius 1 is 1.00 bits per heavy atom. The highest BCUT2D eigenvalue weighted by Crippen LogP contribution is 2.34. The van der Waals surface area contributed by atoms with Crippen molar-refractivity contribution in [2.24, 2.45) is 0 Å². The van der Waals surface area contributed by atoms with Gasteiger partial charge in [-0.3, -0.25) is 9.36 Å². The van der Waals surface area contributed by atoms with E-state index in [9.17, 15) is 18.0 Å². The first-order valence-electron chi connectivity index (χ1n) is 10.6. The lowest BCUT2D eigenvalue weighted by molar-refractivity contribution is -0.137. The van der Waals surface area contributed by atoms with Crippen molar-refractivity contribution >= 4 is 23.4 Å². The Morgan fingerprint density at radius 2 is 1.69 bits per heavy atom. The van der Waals surface area contributed by atoms with E-state index in [1.165, 1.54) is 18.2 Å². The molecule has 0 bridgehead atoms. The molecule has 0 saturated carbocycles. The molecule has 0 unspecified atom stereocenters. The Kier molecular flexibility index (Phi) is 7.56. The van der Waals surface area contributed by atoms with E-state index in [0.717, 1.165) is 23.5 Å². The third-order valence-corrected chi connectivity index (χ3v) is 5.83. The lowest BCUT2D eigenvalue weighted by atomic mass is 10.1. The van der Waals surface area contributed by atoms with Crippen molar-refractivity contribution in [1.82, 2.24) is 14.8 Å². The molecule has 0 aliphatic carbocycles. The number of halogens is 3. The topological polar surface area (TPSA) is 92.8 Å². The fourth-order valence-corrected chi connectivity index (χ4v) is 4.02. The maximum Gasteiger partial charge on any atom is 0.418 e. The minimum Gasteiger partial charge on any atom is -0.486 e. The van der Waals surface area contributed by atoms with E-state index in [2.05, 4.69) is 15.5 Å². The zero-order chi connectivity index (χ0) is 25.5. The number of para-hydroxylation sites is 2. The van der Waals surface area contributed by atoms with Gasteiger partial charge >= 0.3 is 6.18 Å². The average molecular weight is 510 g/mol. The van der Waals surface area contributed by atoms with Gasteiger partial charge in [0.1, 0.15) is 12.4 Å². The van der Waals surface area contributed by atoms with E-state index >= 15 is 0 Å². The summed E-state index contributed by atoms with van der Waals surface area (Å²) < 4.78 is 47.2. The molecule has 182 valence electrons. The van der Waals surface area contributed by atoms with Gasteiger partial charge in [-0.1, -0.05) is 42.1 Å². The number of anilines is 1. The number of rotatable bonds is 8. The Bertz CT molecular complexity index is 1380. The van der Waals surface area contributed by atoms with Crippen LogP contribution in [0.5, 0.6) is 5.75 Å². The van der Waals surface area contributed by atoms with Gasteiger partial charge in [0.2, 0.25) is 5.91 Å². The SMILES string of the molecule is N#Cc1ccc(OCc2nnc(SCC(=O)Nc3ccccc3C(F)(F)F)n2-c2ccccc2)cc1. The Labute approximate surface area is 208 Å². The highest BCUT2D eigenvalue weighted by Gasteiger charge is 2.33. The number of hydrogen-bond acceptors (Lipinski definition) is 6. The van der Waals surface area contributed by atoms with Crippen molar-refractivity contribution in [2.45, 2.75) is 17.9 Å². The highest BCUT2D eigenvalue weighted by atomic mass is 32.2. The molecule has 0 spiro atoms. The van der Waals surface area contributed by atoms with Gasteiger partial charge in [0, 0.05) is 5.69 Å². The van der Waals surface area contributed by atoms with Gasteiger partial charge < -0.3 is 10.1 Å². The zero-order valence-electron chi connectivity index (χ0n) is 18.6. The predicted molar refractivity (Wildman–Crippen MR) is 128 cm³/mol. The summed E-state index contributed by atoms with van der Waals surface area (Å²) in [5, 5.41) is 20.0. The molecule has 0 aliphatic heterocycles. The second-order valence-corrected chi connectivity index (χ2v) is 8.32. The van der Waals surface area contributed by atoms with Gasteiger partial charge in [-0.05, 0) is 48.5 Å². The maximum absolute atomic E-state index is 13.2. The molecule has 36 heavy (non-hydrogen) atoms. The van der Waals surface area contributed by atoms with Crippen molar-refractivity contribution in [1.29, 1.82) is 5.26 Å². The van der Waals surface area contributed by atoms with Gasteiger partial charge in [0.15, 0.2) is 11.0 Å². The van der Waals surface area contributed by atoms with E-state index < -0.39 is 17.6 Å². The molecule has 1 heterocycles. The summed E-state index contributed by atoms with van der Waals surface area (Å²) in [5.74, 6) is 0.187. The van der Waals surface area contributed by atoms with Crippen LogP contribution < -0.4 is 10.1 Å². The highest BCUT2D eigenvalue weighted by molar-refractivity contribution is 7.99. The quantitative estimate of drug-likeness (QED) is 0.317. The van der Waals surface area contributed by atoms with Crippen LogP contribution in [0.1, 0.15) is 17.0 Å². The van der Waals surface area contributed by atoms with Gasteiger partial charge in [0.25, 0.3) is 0 Å². The van der Waals surface area contributed by atoms with Gasteiger partial charge in [-0.15, -0.1) is 10.2 Å². The maximum atomic E-state index is 13.2. The molecule has 1 aromatic heterocycles. The van der Waals surface area contributed by atoms with Crippen LogP contribution >= 0.6 is 11.8 Å². The van der Waals surface area contributed by atoms with Crippen LogP contribution in [-0.4, -0.2) is 26.4 Å². The molecule has 0 atom stereocenters. The first-order chi connectivity index (χ1) is 17.3. The van der Waals surface area contributed by atoms with E-state index in [0.29, 0.717) is 22.3 Å². The molecule has 0 saturated heterocycles. The van der Waals surface area contributed by atoms with E-state index in [1.54, 1.807) is 28.8 Å². The van der Waals surface area contributed by atoms with Gasteiger partial charge in [-0.2, -0.15) is 18.4 Å². The van der Waals surface area contributed by atoms with E-state index in [-0.39, 0.29) is 18.0 Å². The number of carbonyl (C=O) groups excluding carboxylic acids is 1. The number of nitrogens with zero attached hydrogens (tertiary/aromatic N) is 4. The first kappa shape index (κ1) is 24.8. The molecule has 0 aliphatic rings. The Balaban J connectivity index is 1.49. The molecular weight excluding hydrogens is 491 g/mol. The second-order valence-electron chi connectivity index (χ2n) is 7.37. The lowest BCUT2D eigenvalue weighted by Gasteiger charge is -2.14. The number of nitrogens with one attached hydrogen (secondary N) is 1. The minimum absolute atomic E-state index is 0.0551. The fourth-order valence-electron chi connectivity index (χ4n) is 3.25. The smallest absolute Gasteiger partial charge is 0.418 e. The van der Waals surface area contributed by atoms with E-state index in [4.69, 9.17) is 10.00 Å². The normalized spacial score (nSPS) is 11.1. The number of nitriles is 1. The molecular formula is C25H18F3N5O2S. The van der Waals surface area contributed by atoms with Crippen LogP contribution in [0, 0.1) is 11.3 Å². The fraction of sp³-hybridized carbons (Fsp3) is 0.120. The van der Waals surface area contributed by atoms with Crippen LogP contribution in [0.2, 0.25) is 0 Å². The van der Waals surface area contributed by atoms with Crippen LogP contribution in [0.3, 0.4) is 0 Å². The summed E-state index contributed by atoms with van der Waals surface area (Å²) in [5.41, 5.74) is 0.00514. The summed E-state index contributed by atoms with van der Waals surface area (Å²) in [7, 11) is 0. The number of amides is 1. The Morgan fingerprint density at radius 3 is 2.39 bits per heavy atom. The third kappa shape index (κ3) is 6.03. The monoisotopic (exact) mass is 509 g/mol. The first-order valence-corrected chi connectivity index (χ1v) is 11.6. The number of carbonyl (C=O) groups is 1. The zero-order valence-corrected chi connectivity index (χ0v) is 19.4. The summed E-state index contributed by atoms with van der Waals surface area (Å²) in [6.45, 7) is 0.0551. The number of hydrogen-bond donors (Lipinski definition) is 1. The predicted octanol–water partition coefficient (Wildman–Crippen LogP) is 5.47. The number of thioether (sulfide) groups is 1. The lowest BCUT2D eigenvalue weighted by Crippen LogP contribution is -2.18. The van der Waals surface area contributed by atoms with Crippen LogP contribution in [-0.2, 0) is 17.6 Å². The summed E-state index contributed by atoms with van der Waals surface area (Å²) in [6.07, 6.45) is -4.59. The van der Waals surface area contributed by atoms with Crippen molar-refractivity contribution in [3.63, 3.8) is 0 Å². The largest absolute Gasteiger partial charge is 0.486 e. The minimum atomic E-state index is -4.59. The average Bonchev–Trinajstić information content (AvgIpc) is 3.29. The second kappa shape index (κ2) is 11.0. The summed E-state index contributed by atoms with van der Waals surface area (Å²) in [6, 6.07) is 22.6. The van der Waals surface area contributed by atoms with Crippen molar-refractivity contribution in [3.8, 4) is 17.5 Å². The summed E-state index contributed by atoms with van der Waals surface area (Å²) in [4.78, 5) is 12.5. The summed E-state index contributed by atoms with van der Waals surface area (Å²) >= 11 is 1.03. The van der Waals surface area contributed by atoms with Crippen LogP contribution in [0.4, 0.5) is 18.9 Å². The standard InChI is InChI=1S/C25H18F3N5O2S/c26-25(27,28)20-8-4-5-9-21(20)30-23(34)16-36-24-32-31-22(33(24)18-6-2-1-3-7-18)15-35-19-12-10-17(14-29)11-13-19/h1-13H,15-16H2,(H,30,34). The number of ether oxygens (including phenoxy) is 1. The van der Waals surface area contributed by atoms with Crippen LogP contribution in [0.25, 0.3) is 5.69 Å². The van der Waals surface area contributed by atoms with Gasteiger partial charge in [0.05, 0.1) is 28.6 Å². The number of alkyl halides is 3. The molecule has 11 heteroatoms. The number of aromatic nitrogens is 3. The van der Waals surface area contributed by atoms with Crippen molar-refractivity contribution in [3.05, 3.63) is 95.8 Å². The molecule has 0 fully saturated rings. The molecule has 4 aromatic rings. The third-order valence-electron chi connectivity index (χ3n) is 4.91.